The molecule has 0 spiro atoms. The van der Waals surface area contributed by atoms with Gasteiger partial charge < -0.3 is 15.5 Å². The lowest BCUT2D eigenvalue weighted by molar-refractivity contribution is -0.123. The van der Waals surface area contributed by atoms with Gasteiger partial charge in [0.05, 0.1) is 18.8 Å². The Kier molecular flexibility index (Phi) is 51.2. The zero-order valence-corrected chi connectivity index (χ0v) is 40.8. The van der Waals surface area contributed by atoms with Gasteiger partial charge in [0.1, 0.15) is 0 Å². The van der Waals surface area contributed by atoms with Gasteiger partial charge in [-0.15, -0.1) is 0 Å². The van der Waals surface area contributed by atoms with Crippen molar-refractivity contribution < 1.29 is 15.0 Å². The first-order chi connectivity index (χ1) is 29.2. The molecule has 2 atom stereocenters. The summed E-state index contributed by atoms with van der Waals surface area (Å²) in [6, 6.07) is -0.530. The van der Waals surface area contributed by atoms with Crippen LogP contribution in [-0.2, 0) is 4.79 Å². The van der Waals surface area contributed by atoms with Crippen molar-refractivity contribution in [2.75, 3.05) is 6.61 Å². The van der Waals surface area contributed by atoms with Crippen LogP contribution in [-0.4, -0.2) is 34.9 Å². The molecule has 4 heteroatoms. The highest BCUT2D eigenvalue weighted by Crippen LogP contribution is 2.18. The van der Waals surface area contributed by atoms with Crippen molar-refractivity contribution in [3.63, 3.8) is 0 Å². The van der Waals surface area contributed by atoms with Crippen LogP contribution < -0.4 is 5.32 Å². The Labute approximate surface area is 372 Å². The van der Waals surface area contributed by atoms with Gasteiger partial charge in [0.15, 0.2) is 0 Å². The topological polar surface area (TPSA) is 69.6 Å². The highest BCUT2D eigenvalue weighted by molar-refractivity contribution is 5.76. The zero-order valence-electron chi connectivity index (χ0n) is 40.8. The predicted molar refractivity (Wildman–Crippen MR) is 263 cm³/mol. The van der Waals surface area contributed by atoms with E-state index in [-0.39, 0.29) is 12.5 Å². The van der Waals surface area contributed by atoms with Crippen LogP contribution in [0.5, 0.6) is 0 Å². The van der Waals surface area contributed by atoms with Crippen molar-refractivity contribution in [1.82, 2.24) is 5.32 Å². The Bertz CT molecular complexity index is 773. The fourth-order valence-corrected chi connectivity index (χ4v) is 9.13. The van der Waals surface area contributed by atoms with Crippen molar-refractivity contribution in [3.05, 3.63) is 0 Å². The summed E-state index contributed by atoms with van der Waals surface area (Å²) in [5, 5.41) is 23.2. The second-order valence-corrected chi connectivity index (χ2v) is 19.4. The van der Waals surface area contributed by atoms with E-state index in [1.54, 1.807) is 0 Å². The van der Waals surface area contributed by atoms with Gasteiger partial charge in [-0.25, -0.2) is 0 Å². The maximum Gasteiger partial charge on any atom is 0.220 e. The average molecular weight is 834 g/mol. The van der Waals surface area contributed by atoms with E-state index in [0.717, 1.165) is 25.7 Å². The van der Waals surface area contributed by atoms with Crippen molar-refractivity contribution in [2.24, 2.45) is 0 Å². The van der Waals surface area contributed by atoms with E-state index in [9.17, 15) is 15.0 Å². The Balaban J connectivity index is 3.34. The highest BCUT2D eigenvalue weighted by Gasteiger charge is 2.20. The first-order valence-corrected chi connectivity index (χ1v) is 27.7. The van der Waals surface area contributed by atoms with Crippen molar-refractivity contribution in [3.8, 4) is 0 Å². The number of hydrogen-bond donors (Lipinski definition) is 3. The minimum atomic E-state index is -0.653. The molecule has 0 aromatic rings. The molecule has 0 saturated heterocycles. The first kappa shape index (κ1) is 58.4. The van der Waals surface area contributed by atoms with Gasteiger partial charge in [-0.05, 0) is 12.8 Å². The van der Waals surface area contributed by atoms with Crippen LogP contribution in [0.4, 0.5) is 0 Å². The molecule has 0 bridgehead atoms. The summed E-state index contributed by atoms with van der Waals surface area (Å²) >= 11 is 0. The number of rotatable bonds is 52. The maximum atomic E-state index is 12.5. The van der Waals surface area contributed by atoms with Crippen LogP contribution in [0.2, 0.25) is 0 Å². The molecule has 0 heterocycles. The molecule has 4 nitrogen and oxygen atoms in total. The lowest BCUT2D eigenvalue weighted by Gasteiger charge is -2.22. The second kappa shape index (κ2) is 51.7. The summed E-state index contributed by atoms with van der Waals surface area (Å²) in [4.78, 5) is 12.5. The molecule has 0 fully saturated rings. The van der Waals surface area contributed by atoms with E-state index in [2.05, 4.69) is 19.2 Å². The monoisotopic (exact) mass is 834 g/mol. The Hall–Kier alpha value is -0.610. The molecule has 0 aliphatic heterocycles. The molecule has 0 radical (unpaired) electrons. The normalized spacial score (nSPS) is 12.7. The van der Waals surface area contributed by atoms with Crippen LogP contribution in [0, 0.1) is 0 Å². The lowest BCUT2D eigenvalue weighted by Crippen LogP contribution is -2.45. The molecule has 0 aromatic heterocycles. The summed E-state index contributed by atoms with van der Waals surface area (Å²) in [5.74, 6) is -0.0233. The Morgan fingerprint density at radius 3 is 0.763 bits per heavy atom. The molecule has 0 saturated carbocycles. The van der Waals surface area contributed by atoms with E-state index in [1.165, 1.54) is 276 Å². The van der Waals surface area contributed by atoms with Crippen molar-refractivity contribution in [2.45, 2.75) is 341 Å². The molecule has 2 unspecified atom stereocenters. The highest BCUT2D eigenvalue weighted by atomic mass is 16.3. The number of nitrogens with one attached hydrogen (secondary N) is 1. The van der Waals surface area contributed by atoms with Gasteiger partial charge in [0.2, 0.25) is 5.91 Å². The van der Waals surface area contributed by atoms with E-state index >= 15 is 0 Å². The summed E-state index contributed by atoms with van der Waals surface area (Å²) in [6.45, 7) is 4.39. The van der Waals surface area contributed by atoms with E-state index < -0.39 is 12.1 Å². The van der Waals surface area contributed by atoms with Gasteiger partial charge in [-0.2, -0.15) is 0 Å². The number of amides is 1. The number of aliphatic hydroxyl groups is 2. The van der Waals surface area contributed by atoms with Gasteiger partial charge in [0.25, 0.3) is 0 Å². The zero-order chi connectivity index (χ0) is 42.8. The fraction of sp³-hybridized carbons (Fsp3) is 0.982. The van der Waals surface area contributed by atoms with Gasteiger partial charge in [-0.1, -0.05) is 309 Å². The Morgan fingerprint density at radius 2 is 0.542 bits per heavy atom. The predicted octanol–water partition coefficient (Wildman–Crippen LogP) is 18.0. The molecule has 1 amide bonds. The van der Waals surface area contributed by atoms with Crippen LogP contribution in [0.3, 0.4) is 0 Å². The molecule has 0 rings (SSSR count). The summed E-state index contributed by atoms with van der Waals surface area (Å²) in [7, 11) is 0. The third kappa shape index (κ3) is 48.3. The quantitative estimate of drug-likeness (QED) is 0.0535. The SMILES string of the molecule is CCCCCCCCCCCCCCCCCCCCCCCCCCCCCCCCCCCC(=O)NC(CO)C(O)CCCCCCCCCCCCCCCC. The van der Waals surface area contributed by atoms with Crippen LogP contribution >= 0.6 is 0 Å². The van der Waals surface area contributed by atoms with Crippen LogP contribution in [0.25, 0.3) is 0 Å². The average Bonchev–Trinajstić information content (AvgIpc) is 3.24. The third-order valence-electron chi connectivity index (χ3n) is 13.4. The molecule has 0 aliphatic rings. The minimum Gasteiger partial charge on any atom is -0.394 e. The molecule has 3 N–H and O–H groups in total. The first-order valence-electron chi connectivity index (χ1n) is 27.7. The number of unbranched alkanes of at least 4 members (excludes halogenated alkanes) is 45. The smallest absolute Gasteiger partial charge is 0.220 e. The minimum absolute atomic E-state index is 0.0233. The van der Waals surface area contributed by atoms with Crippen LogP contribution in [0.15, 0.2) is 0 Å². The third-order valence-corrected chi connectivity index (χ3v) is 13.4. The van der Waals surface area contributed by atoms with Crippen molar-refractivity contribution >= 4 is 5.91 Å². The molecular weight excluding hydrogens is 723 g/mol. The van der Waals surface area contributed by atoms with E-state index in [0.29, 0.717) is 12.8 Å². The summed E-state index contributed by atoms with van der Waals surface area (Å²) < 4.78 is 0. The molecule has 354 valence electrons. The molecule has 0 aliphatic carbocycles. The number of hydrogen-bond acceptors (Lipinski definition) is 3. The van der Waals surface area contributed by atoms with Gasteiger partial charge in [-0.3, -0.25) is 4.79 Å². The van der Waals surface area contributed by atoms with Gasteiger partial charge in [0, 0.05) is 6.42 Å². The van der Waals surface area contributed by atoms with Crippen molar-refractivity contribution in [1.29, 1.82) is 0 Å². The largest absolute Gasteiger partial charge is 0.394 e. The standard InChI is InChI=1S/C55H111NO3/c1-3-5-7-9-11-13-15-17-19-20-21-22-23-24-25-26-27-28-29-30-31-32-33-34-35-36-37-39-41-43-45-47-49-51-55(59)56-53(52-57)54(58)50-48-46-44-42-40-38-18-16-14-12-10-8-6-4-2/h53-54,57-58H,3-52H2,1-2H3,(H,56,59). The Morgan fingerprint density at radius 1 is 0.339 bits per heavy atom. The molecule has 0 aromatic carbocycles. The maximum absolute atomic E-state index is 12.5. The second-order valence-electron chi connectivity index (χ2n) is 19.4. The van der Waals surface area contributed by atoms with Crippen LogP contribution in [0.1, 0.15) is 328 Å². The van der Waals surface area contributed by atoms with Gasteiger partial charge >= 0.3 is 0 Å². The summed E-state index contributed by atoms with van der Waals surface area (Å²) in [6.07, 6.45) is 65.3. The number of aliphatic hydroxyl groups excluding tert-OH is 2. The van der Waals surface area contributed by atoms with E-state index in [4.69, 9.17) is 0 Å². The lowest BCUT2D eigenvalue weighted by atomic mass is 10.0. The number of carbonyl (C=O) groups excluding carboxylic acids is 1. The molecular formula is C55H111NO3. The molecule has 59 heavy (non-hydrogen) atoms. The summed E-state index contributed by atoms with van der Waals surface area (Å²) in [5.41, 5.74) is 0. The number of carbonyl (C=O) groups is 1. The fourth-order valence-electron chi connectivity index (χ4n) is 9.13. The van der Waals surface area contributed by atoms with E-state index in [1.807, 2.05) is 0 Å².